The molecule has 0 spiro atoms. The Morgan fingerprint density at radius 3 is 2.53 bits per heavy atom. The van der Waals surface area contributed by atoms with Gasteiger partial charge in [-0.05, 0) is 38.5 Å². The third kappa shape index (κ3) is 1.87. The minimum atomic E-state index is 0.710. The highest BCUT2D eigenvalue weighted by Gasteiger charge is 2.10. The number of imidazole rings is 1. The van der Waals surface area contributed by atoms with E-state index in [0.29, 0.717) is 5.69 Å². The molecule has 0 unspecified atom stereocenters. The number of hydrogen-bond donors (Lipinski definition) is 1. The van der Waals surface area contributed by atoms with Crippen LogP contribution in [0.1, 0.15) is 16.8 Å². The van der Waals surface area contributed by atoms with Crippen molar-refractivity contribution in [3.8, 4) is 11.3 Å². The van der Waals surface area contributed by atoms with Crippen LogP contribution >= 0.6 is 0 Å². The molecule has 2 N–H and O–H groups in total. The summed E-state index contributed by atoms with van der Waals surface area (Å²) in [5.41, 5.74) is 13.3. The first-order valence-corrected chi connectivity index (χ1v) is 6.38. The predicted molar refractivity (Wildman–Crippen MR) is 79.3 cm³/mol. The van der Waals surface area contributed by atoms with Gasteiger partial charge < -0.3 is 10.1 Å². The maximum Gasteiger partial charge on any atom is 0.160 e. The van der Waals surface area contributed by atoms with Gasteiger partial charge in [0.25, 0.3) is 0 Å². The number of aromatic nitrogens is 2. The number of nitrogen functional groups attached to an aromatic ring is 1. The Morgan fingerprint density at radius 1 is 1.05 bits per heavy atom. The highest BCUT2D eigenvalue weighted by atomic mass is 15.0. The van der Waals surface area contributed by atoms with Crippen molar-refractivity contribution in [1.29, 1.82) is 0 Å². The number of anilines is 1. The van der Waals surface area contributed by atoms with Crippen molar-refractivity contribution in [1.82, 2.24) is 9.38 Å². The van der Waals surface area contributed by atoms with Gasteiger partial charge in [0, 0.05) is 17.5 Å². The van der Waals surface area contributed by atoms with Crippen LogP contribution in [0.5, 0.6) is 0 Å². The van der Waals surface area contributed by atoms with E-state index in [1.165, 1.54) is 11.1 Å². The summed E-state index contributed by atoms with van der Waals surface area (Å²) in [6, 6.07) is 10.3. The van der Waals surface area contributed by atoms with Crippen molar-refractivity contribution >= 4 is 11.3 Å². The van der Waals surface area contributed by atoms with Gasteiger partial charge >= 0.3 is 0 Å². The smallest absolute Gasteiger partial charge is 0.160 e. The number of aryl methyl sites for hydroxylation is 3. The Bertz CT molecular complexity index is 730. The first-order chi connectivity index (χ1) is 9.06. The van der Waals surface area contributed by atoms with E-state index in [1.807, 2.05) is 16.5 Å². The molecule has 3 rings (SSSR count). The van der Waals surface area contributed by atoms with Crippen molar-refractivity contribution in [3.05, 3.63) is 53.3 Å². The lowest BCUT2D eigenvalue weighted by Gasteiger charge is -2.03. The second-order valence-electron chi connectivity index (χ2n) is 5.07. The summed E-state index contributed by atoms with van der Waals surface area (Å²) in [6.07, 6.45) is 2.05. The number of rotatable bonds is 1. The Kier molecular flexibility index (Phi) is 2.56. The largest absolute Gasteiger partial charge is 0.396 e. The van der Waals surface area contributed by atoms with Gasteiger partial charge in [-0.25, -0.2) is 4.98 Å². The molecule has 0 bridgehead atoms. The fourth-order valence-electron chi connectivity index (χ4n) is 2.45. The zero-order valence-electron chi connectivity index (χ0n) is 11.4. The molecule has 3 nitrogen and oxygen atoms in total. The predicted octanol–water partition coefficient (Wildman–Crippen LogP) is 3.51. The fraction of sp³-hybridized carbons (Fsp3) is 0.188. The Hall–Kier alpha value is -2.29. The van der Waals surface area contributed by atoms with Crippen molar-refractivity contribution in [3.63, 3.8) is 0 Å². The van der Waals surface area contributed by atoms with Gasteiger partial charge in [0.05, 0.1) is 11.4 Å². The van der Waals surface area contributed by atoms with E-state index < -0.39 is 0 Å². The molecule has 1 aromatic carbocycles. The number of nitrogens with two attached hydrogens (primary N) is 1. The third-order valence-electron chi connectivity index (χ3n) is 3.51. The van der Waals surface area contributed by atoms with Crippen LogP contribution in [0.4, 0.5) is 5.69 Å². The summed E-state index contributed by atoms with van der Waals surface area (Å²) in [7, 11) is 0. The van der Waals surface area contributed by atoms with Crippen LogP contribution in [0, 0.1) is 20.8 Å². The van der Waals surface area contributed by atoms with Gasteiger partial charge in [0.15, 0.2) is 5.65 Å². The second kappa shape index (κ2) is 4.12. The number of nitrogens with zero attached hydrogens (tertiary/aromatic N) is 2. The Morgan fingerprint density at radius 2 is 1.84 bits per heavy atom. The van der Waals surface area contributed by atoms with E-state index in [1.54, 1.807) is 0 Å². The highest BCUT2D eigenvalue weighted by Crippen LogP contribution is 2.26. The second-order valence-corrected chi connectivity index (χ2v) is 5.07. The van der Waals surface area contributed by atoms with Gasteiger partial charge in [-0.15, -0.1) is 0 Å². The minimum absolute atomic E-state index is 0.710. The quantitative estimate of drug-likeness (QED) is 0.719. The van der Waals surface area contributed by atoms with E-state index in [2.05, 4.69) is 50.2 Å². The number of pyridine rings is 1. The molecule has 0 aliphatic carbocycles. The Balaban J connectivity index is 2.26. The first-order valence-electron chi connectivity index (χ1n) is 6.38. The molecule has 0 atom stereocenters. The molecule has 0 aliphatic rings. The van der Waals surface area contributed by atoms with Gasteiger partial charge in [0.1, 0.15) is 0 Å². The summed E-state index contributed by atoms with van der Waals surface area (Å²) >= 11 is 0. The van der Waals surface area contributed by atoms with Crippen LogP contribution in [0.25, 0.3) is 16.9 Å². The first kappa shape index (κ1) is 11.8. The zero-order valence-corrected chi connectivity index (χ0v) is 11.4. The van der Waals surface area contributed by atoms with Crippen LogP contribution in [0.15, 0.2) is 36.5 Å². The fourth-order valence-corrected chi connectivity index (χ4v) is 2.45. The van der Waals surface area contributed by atoms with Crippen LogP contribution in [0.3, 0.4) is 0 Å². The maximum absolute atomic E-state index is 6.00. The number of fused-ring (bicyclic) bond motifs is 1. The van der Waals surface area contributed by atoms with Crippen LogP contribution in [-0.2, 0) is 0 Å². The molecule has 96 valence electrons. The molecule has 0 fully saturated rings. The average Bonchev–Trinajstić information content (AvgIpc) is 2.80. The molecular formula is C16H17N3. The summed E-state index contributed by atoms with van der Waals surface area (Å²) in [4.78, 5) is 4.67. The molecule has 0 amide bonds. The average molecular weight is 251 g/mol. The van der Waals surface area contributed by atoms with Crippen molar-refractivity contribution in [2.75, 3.05) is 5.73 Å². The lowest BCUT2D eigenvalue weighted by molar-refractivity contribution is 1.10. The van der Waals surface area contributed by atoms with E-state index in [0.717, 1.165) is 22.6 Å². The standard InChI is InChI=1S/C16H17N3/c1-10-4-6-13(11(2)8-10)15-9-19-12(3)5-7-14(17)16(19)18-15/h4-9H,17H2,1-3H3. The van der Waals surface area contributed by atoms with Gasteiger partial charge in [-0.1, -0.05) is 23.8 Å². The molecule has 0 saturated carbocycles. The van der Waals surface area contributed by atoms with Crippen LogP contribution in [0.2, 0.25) is 0 Å². The molecule has 2 heterocycles. The molecule has 2 aromatic heterocycles. The summed E-state index contributed by atoms with van der Waals surface area (Å²) in [5.74, 6) is 0. The summed E-state index contributed by atoms with van der Waals surface area (Å²) < 4.78 is 2.05. The topological polar surface area (TPSA) is 43.3 Å². The highest BCUT2D eigenvalue weighted by molar-refractivity contribution is 5.72. The molecule has 3 heteroatoms. The van der Waals surface area contributed by atoms with Crippen molar-refractivity contribution in [2.24, 2.45) is 0 Å². The van der Waals surface area contributed by atoms with E-state index in [9.17, 15) is 0 Å². The maximum atomic E-state index is 6.00. The SMILES string of the molecule is Cc1ccc(-c2cn3c(C)ccc(N)c3n2)c(C)c1. The molecule has 0 aliphatic heterocycles. The van der Waals surface area contributed by atoms with Gasteiger partial charge in [-0.2, -0.15) is 0 Å². The Labute approximate surface area is 112 Å². The lowest BCUT2D eigenvalue weighted by Crippen LogP contribution is -1.94. The lowest BCUT2D eigenvalue weighted by atomic mass is 10.0. The van der Waals surface area contributed by atoms with Crippen molar-refractivity contribution in [2.45, 2.75) is 20.8 Å². The van der Waals surface area contributed by atoms with Crippen LogP contribution in [-0.4, -0.2) is 9.38 Å². The monoisotopic (exact) mass is 251 g/mol. The summed E-state index contributed by atoms with van der Waals surface area (Å²) in [6.45, 7) is 6.27. The molecule has 0 saturated heterocycles. The molecule has 19 heavy (non-hydrogen) atoms. The van der Waals surface area contributed by atoms with Gasteiger partial charge in [0.2, 0.25) is 0 Å². The third-order valence-corrected chi connectivity index (χ3v) is 3.51. The normalized spacial score (nSPS) is 11.1. The van der Waals surface area contributed by atoms with E-state index in [-0.39, 0.29) is 0 Å². The molecule has 3 aromatic rings. The molecular weight excluding hydrogens is 234 g/mol. The number of hydrogen-bond acceptors (Lipinski definition) is 2. The summed E-state index contributed by atoms with van der Waals surface area (Å²) in [5, 5.41) is 0. The zero-order chi connectivity index (χ0) is 13.6. The molecule has 0 radical (unpaired) electrons. The minimum Gasteiger partial charge on any atom is -0.396 e. The van der Waals surface area contributed by atoms with Crippen LogP contribution < -0.4 is 5.73 Å². The van der Waals surface area contributed by atoms with Gasteiger partial charge in [-0.3, -0.25) is 0 Å². The van der Waals surface area contributed by atoms with E-state index >= 15 is 0 Å². The number of benzene rings is 1. The van der Waals surface area contributed by atoms with Crippen molar-refractivity contribution < 1.29 is 0 Å². The van der Waals surface area contributed by atoms with E-state index in [4.69, 9.17) is 5.73 Å².